The molecule has 0 radical (unpaired) electrons. The van der Waals surface area contributed by atoms with Gasteiger partial charge in [-0.2, -0.15) is 0 Å². The molecule has 0 saturated heterocycles. The normalized spacial score (nSPS) is 11.6. The predicted octanol–water partition coefficient (Wildman–Crippen LogP) is 0.468. The molecule has 84 valence electrons. The highest BCUT2D eigenvalue weighted by Crippen LogP contribution is 2.10. The van der Waals surface area contributed by atoms with Gasteiger partial charge in [0.1, 0.15) is 0 Å². The minimum atomic E-state index is -0.706. The Morgan fingerprint density at radius 2 is 2.38 bits per heavy atom. The monoisotopic (exact) mass is 218 g/mol. The highest BCUT2D eigenvalue weighted by atomic mass is 16.3. The van der Waals surface area contributed by atoms with Gasteiger partial charge in [-0.1, -0.05) is 12.1 Å². The average Bonchev–Trinajstić information content (AvgIpc) is 2.29. The lowest BCUT2D eigenvalue weighted by Gasteiger charge is -2.10. The van der Waals surface area contributed by atoms with Crippen LogP contribution in [-0.2, 0) is 11.4 Å². The zero-order chi connectivity index (χ0) is 12.0. The fraction of sp³-hybridized carbons (Fsp3) is 0.250. The van der Waals surface area contributed by atoms with E-state index >= 15 is 0 Å². The SMILES string of the molecule is C#CCC(N)C(=O)Nc1cccc(CO)c1. The molecular formula is C12H14N2O2. The molecule has 4 heteroatoms. The van der Waals surface area contributed by atoms with Crippen LogP contribution in [0, 0.1) is 12.3 Å². The van der Waals surface area contributed by atoms with Crippen LogP contribution in [0.1, 0.15) is 12.0 Å². The molecule has 1 aromatic carbocycles. The molecule has 0 fully saturated rings. The lowest BCUT2D eigenvalue weighted by Crippen LogP contribution is -2.35. The Labute approximate surface area is 94.5 Å². The maximum Gasteiger partial charge on any atom is 0.242 e. The Balaban J connectivity index is 2.66. The van der Waals surface area contributed by atoms with Gasteiger partial charge in [-0.3, -0.25) is 4.79 Å². The predicted molar refractivity (Wildman–Crippen MR) is 62.4 cm³/mol. The summed E-state index contributed by atoms with van der Waals surface area (Å²) >= 11 is 0. The van der Waals surface area contributed by atoms with Crippen LogP contribution in [0.15, 0.2) is 24.3 Å². The van der Waals surface area contributed by atoms with E-state index in [1.165, 1.54) is 0 Å². The van der Waals surface area contributed by atoms with Gasteiger partial charge in [0.05, 0.1) is 12.6 Å². The molecule has 4 nitrogen and oxygen atoms in total. The van der Waals surface area contributed by atoms with Crippen LogP contribution in [0.2, 0.25) is 0 Å². The minimum absolute atomic E-state index is 0.0693. The van der Waals surface area contributed by atoms with E-state index in [-0.39, 0.29) is 18.9 Å². The van der Waals surface area contributed by atoms with Crippen molar-refractivity contribution in [1.29, 1.82) is 0 Å². The first-order valence-electron chi connectivity index (χ1n) is 4.87. The summed E-state index contributed by atoms with van der Waals surface area (Å²) in [6.07, 6.45) is 5.26. The molecule has 0 heterocycles. The van der Waals surface area contributed by atoms with Gasteiger partial charge < -0.3 is 16.2 Å². The summed E-state index contributed by atoms with van der Waals surface area (Å²) in [5.41, 5.74) is 6.87. The van der Waals surface area contributed by atoms with Crippen molar-refractivity contribution in [1.82, 2.24) is 0 Å². The molecule has 0 aliphatic carbocycles. The number of aliphatic hydroxyl groups excluding tert-OH is 1. The van der Waals surface area contributed by atoms with Crippen molar-refractivity contribution in [2.45, 2.75) is 19.1 Å². The van der Waals surface area contributed by atoms with Gasteiger partial charge in [-0.05, 0) is 17.7 Å². The molecule has 1 amide bonds. The van der Waals surface area contributed by atoms with E-state index in [2.05, 4.69) is 11.2 Å². The summed E-state index contributed by atoms with van der Waals surface area (Å²) in [5.74, 6) is 2.00. The van der Waals surface area contributed by atoms with Crippen LogP contribution < -0.4 is 11.1 Å². The smallest absolute Gasteiger partial charge is 0.242 e. The molecule has 0 aromatic heterocycles. The first-order chi connectivity index (χ1) is 7.67. The van der Waals surface area contributed by atoms with Crippen molar-refractivity contribution in [2.75, 3.05) is 5.32 Å². The summed E-state index contributed by atoms with van der Waals surface area (Å²) in [6.45, 7) is -0.0693. The van der Waals surface area contributed by atoms with Crippen molar-refractivity contribution in [3.63, 3.8) is 0 Å². The number of anilines is 1. The van der Waals surface area contributed by atoms with Gasteiger partial charge in [0.15, 0.2) is 0 Å². The highest BCUT2D eigenvalue weighted by molar-refractivity contribution is 5.94. The number of nitrogens with two attached hydrogens (primary N) is 1. The number of aliphatic hydroxyl groups is 1. The Bertz CT molecular complexity index is 410. The topological polar surface area (TPSA) is 75.4 Å². The molecule has 16 heavy (non-hydrogen) atoms. The maximum atomic E-state index is 11.5. The van der Waals surface area contributed by atoms with Gasteiger partial charge in [0, 0.05) is 12.1 Å². The van der Waals surface area contributed by atoms with E-state index in [1.807, 2.05) is 0 Å². The van der Waals surface area contributed by atoms with Crippen molar-refractivity contribution >= 4 is 11.6 Å². The summed E-state index contributed by atoms with van der Waals surface area (Å²) in [7, 11) is 0. The second-order valence-electron chi connectivity index (χ2n) is 3.36. The Kier molecular flexibility index (Phi) is 4.52. The van der Waals surface area contributed by atoms with Gasteiger partial charge in [-0.25, -0.2) is 0 Å². The lowest BCUT2D eigenvalue weighted by molar-refractivity contribution is -0.117. The van der Waals surface area contributed by atoms with E-state index in [9.17, 15) is 4.79 Å². The van der Waals surface area contributed by atoms with Gasteiger partial charge in [0.2, 0.25) is 5.91 Å². The van der Waals surface area contributed by atoms with Crippen molar-refractivity contribution < 1.29 is 9.90 Å². The van der Waals surface area contributed by atoms with Crippen molar-refractivity contribution in [2.24, 2.45) is 5.73 Å². The van der Waals surface area contributed by atoms with E-state index in [0.717, 1.165) is 5.56 Å². The van der Waals surface area contributed by atoms with Crippen molar-refractivity contribution in [3.8, 4) is 12.3 Å². The summed E-state index contributed by atoms with van der Waals surface area (Å²) in [5, 5.41) is 11.6. The second kappa shape index (κ2) is 5.91. The van der Waals surface area contributed by atoms with Gasteiger partial charge >= 0.3 is 0 Å². The molecule has 1 atom stereocenters. The van der Waals surface area contributed by atoms with Crippen LogP contribution in [0.5, 0.6) is 0 Å². The molecule has 0 aliphatic heterocycles. The number of rotatable bonds is 4. The first kappa shape index (κ1) is 12.2. The summed E-state index contributed by atoms with van der Waals surface area (Å²) < 4.78 is 0. The van der Waals surface area contributed by atoms with Crippen LogP contribution in [0.3, 0.4) is 0 Å². The molecule has 0 spiro atoms. The first-order valence-corrected chi connectivity index (χ1v) is 4.87. The molecule has 4 N–H and O–H groups in total. The Morgan fingerprint density at radius 3 is 3.00 bits per heavy atom. The maximum absolute atomic E-state index is 11.5. The van der Waals surface area contributed by atoms with E-state index in [1.54, 1.807) is 24.3 Å². The number of amides is 1. The van der Waals surface area contributed by atoms with Crippen LogP contribution in [0.4, 0.5) is 5.69 Å². The standard InChI is InChI=1S/C12H14N2O2/c1-2-4-11(13)12(16)14-10-6-3-5-9(7-10)8-15/h1,3,5-7,11,15H,4,8,13H2,(H,14,16). The number of carbonyl (C=O) groups excluding carboxylic acids is 1. The fourth-order valence-electron chi connectivity index (χ4n) is 1.20. The molecular weight excluding hydrogens is 204 g/mol. The Hall–Kier alpha value is -1.83. The van der Waals surface area contributed by atoms with Gasteiger partial charge in [0.25, 0.3) is 0 Å². The zero-order valence-electron chi connectivity index (χ0n) is 8.81. The highest BCUT2D eigenvalue weighted by Gasteiger charge is 2.11. The van der Waals surface area contributed by atoms with Crippen molar-refractivity contribution in [3.05, 3.63) is 29.8 Å². The Morgan fingerprint density at radius 1 is 1.62 bits per heavy atom. The molecule has 0 aliphatic rings. The molecule has 0 saturated carbocycles. The largest absolute Gasteiger partial charge is 0.392 e. The number of hydrogen-bond donors (Lipinski definition) is 3. The lowest BCUT2D eigenvalue weighted by atomic mass is 10.2. The number of benzene rings is 1. The van der Waals surface area contributed by atoms with Crippen LogP contribution in [0.25, 0.3) is 0 Å². The number of carbonyl (C=O) groups is 1. The fourth-order valence-corrected chi connectivity index (χ4v) is 1.20. The van der Waals surface area contributed by atoms with E-state index < -0.39 is 6.04 Å². The number of terminal acetylenes is 1. The third-order valence-electron chi connectivity index (χ3n) is 2.05. The third kappa shape index (κ3) is 3.39. The third-order valence-corrected chi connectivity index (χ3v) is 2.05. The number of hydrogen-bond acceptors (Lipinski definition) is 3. The van der Waals surface area contributed by atoms with Crippen LogP contribution in [-0.4, -0.2) is 17.1 Å². The molecule has 1 unspecified atom stereocenters. The molecule has 1 rings (SSSR count). The van der Waals surface area contributed by atoms with E-state index in [4.69, 9.17) is 17.3 Å². The second-order valence-corrected chi connectivity index (χ2v) is 3.36. The van der Waals surface area contributed by atoms with Gasteiger partial charge in [-0.15, -0.1) is 12.3 Å². The van der Waals surface area contributed by atoms with E-state index in [0.29, 0.717) is 5.69 Å². The zero-order valence-corrected chi connectivity index (χ0v) is 8.81. The quantitative estimate of drug-likeness (QED) is 0.643. The minimum Gasteiger partial charge on any atom is -0.392 e. The summed E-state index contributed by atoms with van der Waals surface area (Å²) in [6, 6.07) is 6.20. The van der Waals surface area contributed by atoms with Crippen LogP contribution >= 0.6 is 0 Å². The number of nitrogens with one attached hydrogen (secondary N) is 1. The molecule has 1 aromatic rings. The molecule has 0 bridgehead atoms. The summed E-state index contributed by atoms with van der Waals surface area (Å²) in [4.78, 5) is 11.5. The average molecular weight is 218 g/mol.